The molecule has 0 unspecified atom stereocenters. The summed E-state index contributed by atoms with van der Waals surface area (Å²) in [5.41, 5.74) is 0.159. The average molecular weight is 480 g/mol. The summed E-state index contributed by atoms with van der Waals surface area (Å²) in [6.07, 6.45) is 9.99. The first kappa shape index (κ1) is 23.2. The molecule has 32 heavy (non-hydrogen) atoms. The number of halogens is 1. The summed E-state index contributed by atoms with van der Waals surface area (Å²) < 4.78 is 26.7. The lowest BCUT2D eigenvalue weighted by Crippen LogP contribution is -2.42. The lowest BCUT2D eigenvalue weighted by atomic mass is 9.80. The summed E-state index contributed by atoms with van der Waals surface area (Å²) >= 11 is 6.31. The Morgan fingerprint density at radius 1 is 1.34 bits per heavy atom. The molecule has 1 aliphatic heterocycles. The van der Waals surface area contributed by atoms with Crippen molar-refractivity contribution in [3.8, 4) is 0 Å². The molecule has 1 aliphatic carbocycles. The first-order valence-corrected chi connectivity index (χ1v) is 13.3. The summed E-state index contributed by atoms with van der Waals surface area (Å²) in [4.78, 5) is 22.3. The van der Waals surface area contributed by atoms with Crippen molar-refractivity contribution >= 4 is 38.6 Å². The van der Waals surface area contributed by atoms with E-state index in [1.54, 1.807) is 16.8 Å². The summed E-state index contributed by atoms with van der Waals surface area (Å²) in [7, 11) is -3.18. The minimum Gasteiger partial charge on any atom is -0.351 e. The molecule has 0 radical (unpaired) electrons. The van der Waals surface area contributed by atoms with Crippen LogP contribution in [0, 0.1) is 5.41 Å². The molecular formula is C22H30ClN5O3S. The molecule has 3 heterocycles. The average Bonchev–Trinajstić information content (AvgIpc) is 3.19. The number of anilines is 1. The summed E-state index contributed by atoms with van der Waals surface area (Å²) in [6.45, 7) is 7.13. The fourth-order valence-corrected chi connectivity index (χ4v) is 6.30. The van der Waals surface area contributed by atoms with Crippen molar-refractivity contribution in [2.75, 3.05) is 24.7 Å². The molecule has 10 heteroatoms. The number of allylic oxidation sites excluding steroid dienone is 1. The van der Waals surface area contributed by atoms with Crippen molar-refractivity contribution < 1.29 is 8.42 Å². The van der Waals surface area contributed by atoms with E-state index in [4.69, 9.17) is 16.6 Å². The van der Waals surface area contributed by atoms with Crippen LogP contribution in [0.5, 0.6) is 0 Å². The van der Waals surface area contributed by atoms with E-state index in [0.29, 0.717) is 42.9 Å². The van der Waals surface area contributed by atoms with E-state index in [1.165, 1.54) is 10.6 Å². The van der Waals surface area contributed by atoms with Crippen LogP contribution in [0.4, 0.5) is 5.95 Å². The Bertz CT molecular complexity index is 1190. The number of fused-ring (bicyclic) bond motifs is 1. The molecule has 0 amide bonds. The Labute approximate surface area is 193 Å². The molecule has 2 aromatic heterocycles. The molecule has 1 saturated carbocycles. The zero-order valence-electron chi connectivity index (χ0n) is 18.6. The predicted molar refractivity (Wildman–Crippen MR) is 128 cm³/mol. The van der Waals surface area contributed by atoms with Gasteiger partial charge in [0.2, 0.25) is 16.0 Å². The van der Waals surface area contributed by atoms with E-state index >= 15 is 0 Å². The molecule has 4 rings (SSSR count). The third-order valence-corrected chi connectivity index (χ3v) is 8.72. The van der Waals surface area contributed by atoms with Gasteiger partial charge >= 0.3 is 0 Å². The monoisotopic (exact) mass is 479 g/mol. The minimum absolute atomic E-state index is 0.0561. The third kappa shape index (κ3) is 4.18. The van der Waals surface area contributed by atoms with E-state index in [2.05, 4.69) is 23.8 Å². The molecule has 1 N–H and O–H groups in total. The van der Waals surface area contributed by atoms with E-state index in [-0.39, 0.29) is 28.1 Å². The second kappa shape index (κ2) is 8.76. The van der Waals surface area contributed by atoms with Crippen LogP contribution >= 0.6 is 11.6 Å². The van der Waals surface area contributed by atoms with Crippen LogP contribution in [0.25, 0.3) is 11.0 Å². The quantitative estimate of drug-likeness (QED) is 0.636. The van der Waals surface area contributed by atoms with Gasteiger partial charge in [-0.3, -0.25) is 9.36 Å². The van der Waals surface area contributed by atoms with Crippen molar-refractivity contribution in [2.24, 2.45) is 5.41 Å². The number of hydrogen-bond acceptors (Lipinski definition) is 6. The summed E-state index contributed by atoms with van der Waals surface area (Å²) in [6, 6.07) is 1.63. The van der Waals surface area contributed by atoms with Crippen LogP contribution in [-0.4, -0.2) is 52.6 Å². The number of aromatic nitrogens is 3. The number of pyridine rings is 1. The van der Waals surface area contributed by atoms with Gasteiger partial charge in [0.05, 0.1) is 6.26 Å². The maximum absolute atomic E-state index is 13.2. The van der Waals surface area contributed by atoms with Crippen molar-refractivity contribution in [1.29, 1.82) is 0 Å². The second-order valence-corrected chi connectivity index (χ2v) is 11.3. The fraction of sp³-hybridized carbons (Fsp3) is 0.591. The fourth-order valence-electron chi connectivity index (χ4n) is 5.22. The molecular weight excluding hydrogens is 450 g/mol. The van der Waals surface area contributed by atoms with E-state index in [9.17, 15) is 13.2 Å². The van der Waals surface area contributed by atoms with Crippen molar-refractivity contribution in [2.45, 2.75) is 57.5 Å². The highest BCUT2D eigenvalue weighted by atomic mass is 35.5. The standard InChI is InChI=1S/C22H30ClN5O3S/c1-4-22(5-2)10-6-7-18(22)28-19-15(13-17(23)20(28)29)14-24-21(26-19)25-16-8-11-27(12-9-16)32(3,30)31/h4,13-14,16,18H,1,5-12H2,2-3H3,(H,24,25,26)/t18-,22+/m1/s1. The van der Waals surface area contributed by atoms with Crippen LogP contribution in [0.2, 0.25) is 5.02 Å². The maximum atomic E-state index is 13.2. The first-order valence-electron chi connectivity index (χ1n) is 11.1. The Hall–Kier alpha value is -1.97. The van der Waals surface area contributed by atoms with Crippen LogP contribution in [0.3, 0.4) is 0 Å². The van der Waals surface area contributed by atoms with Crippen molar-refractivity contribution in [1.82, 2.24) is 18.8 Å². The molecule has 1 saturated heterocycles. The van der Waals surface area contributed by atoms with Crippen LogP contribution in [-0.2, 0) is 10.0 Å². The van der Waals surface area contributed by atoms with Gasteiger partial charge < -0.3 is 5.32 Å². The molecule has 2 aliphatic rings. The van der Waals surface area contributed by atoms with Crippen molar-refractivity contribution in [3.63, 3.8) is 0 Å². The largest absolute Gasteiger partial charge is 0.351 e. The van der Waals surface area contributed by atoms with Gasteiger partial charge in [0, 0.05) is 42.2 Å². The van der Waals surface area contributed by atoms with Crippen LogP contribution < -0.4 is 10.9 Å². The van der Waals surface area contributed by atoms with Gasteiger partial charge in [-0.25, -0.2) is 17.7 Å². The lowest BCUT2D eigenvalue weighted by Gasteiger charge is -2.33. The number of nitrogens with zero attached hydrogens (tertiary/aromatic N) is 4. The zero-order valence-corrected chi connectivity index (χ0v) is 20.1. The highest BCUT2D eigenvalue weighted by Gasteiger charge is 2.41. The molecule has 8 nitrogen and oxygen atoms in total. The number of sulfonamides is 1. The predicted octanol–water partition coefficient (Wildman–Crippen LogP) is 3.59. The van der Waals surface area contributed by atoms with Gasteiger partial charge in [-0.05, 0) is 38.2 Å². The Morgan fingerprint density at radius 2 is 2.06 bits per heavy atom. The van der Waals surface area contributed by atoms with Gasteiger partial charge in [0.25, 0.3) is 5.56 Å². The molecule has 2 fully saturated rings. The minimum atomic E-state index is -3.18. The third-order valence-electron chi connectivity index (χ3n) is 7.15. The zero-order chi connectivity index (χ0) is 23.1. The molecule has 2 atom stereocenters. The Morgan fingerprint density at radius 3 is 2.69 bits per heavy atom. The molecule has 0 spiro atoms. The Balaban J connectivity index is 1.68. The number of rotatable bonds is 6. The SMILES string of the molecule is C=C[C@]1(CC)CCC[C@H]1n1c(=O)c(Cl)cc2cnc(NC3CCN(S(C)(=O)=O)CC3)nc21. The molecule has 0 aromatic carbocycles. The van der Waals surface area contributed by atoms with E-state index in [0.717, 1.165) is 25.7 Å². The van der Waals surface area contributed by atoms with Gasteiger partial charge in [0.1, 0.15) is 10.7 Å². The molecule has 2 aromatic rings. The smallest absolute Gasteiger partial charge is 0.271 e. The highest BCUT2D eigenvalue weighted by Crippen LogP contribution is 2.50. The highest BCUT2D eigenvalue weighted by molar-refractivity contribution is 7.88. The molecule has 0 bridgehead atoms. The number of piperidine rings is 1. The number of nitrogens with one attached hydrogen (secondary N) is 1. The second-order valence-electron chi connectivity index (χ2n) is 8.92. The van der Waals surface area contributed by atoms with E-state index in [1.807, 2.05) is 6.08 Å². The maximum Gasteiger partial charge on any atom is 0.271 e. The first-order chi connectivity index (χ1) is 15.2. The van der Waals surface area contributed by atoms with Crippen LogP contribution in [0.1, 0.15) is 51.5 Å². The Kier molecular flexibility index (Phi) is 6.35. The van der Waals surface area contributed by atoms with Crippen molar-refractivity contribution in [3.05, 3.63) is 40.3 Å². The van der Waals surface area contributed by atoms with Gasteiger partial charge in [-0.2, -0.15) is 4.98 Å². The summed E-state index contributed by atoms with van der Waals surface area (Å²) in [5, 5.41) is 4.21. The summed E-state index contributed by atoms with van der Waals surface area (Å²) in [5.74, 6) is 0.435. The lowest BCUT2D eigenvalue weighted by molar-refractivity contribution is 0.265. The van der Waals surface area contributed by atoms with Crippen LogP contribution in [0.15, 0.2) is 29.7 Å². The normalized spacial score (nSPS) is 25.3. The molecule has 174 valence electrons. The number of hydrogen-bond donors (Lipinski definition) is 1. The van der Waals surface area contributed by atoms with Gasteiger partial charge in [-0.1, -0.05) is 31.0 Å². The van der Waals surface area contributed by atoms with Gasteiger partial charge in [0.15, 0.2) is 0 Å². The van der Waals surface area contributed by atoms with E-state index < -0.39 is 10.0 Å². The van der Waals surface area contributed by atoms with Gasteiger partial charge in [-0.15, -0.1) is 6.58 Å². The topological polar surface area (TPSA) is 97.2 Å².